The molecule has 0 bridgehead atoms. The summed E-state index contributed by atoms with van der Waals surface area (Å²) in [6, 6.07) is 10.2. The van der Waals surface area contributed by atoms with Gasteiger partial charge in [-0.3, -0.25) is 0 Å². The van der Waals surface area contributed by atoms with Gasteiger partial charge in [0.2, 0.25) is 0 Å². The van der Waals surface area contributed by atoms with Crippen LogP contribution in [0.1, 0.15) is 6.92 Å². The molecule has 0 fully saturated rings. The van der Waals surface area contributed by atoms with Gasteiger partial charge in [0.25, 0.3) is 5.82 Å². The summed E-state index contributed by atoms with van der Waals surface area (Å²) in [6.45, 7) is 12.3. The highest BCUT2D eigenvalue weighted by Crippen LogP contribution is 2.21. The number of nitrogens with zero attached hydrogens (tertiary/aromatic N) is 4. The number of azo groups is 1. The molecule has 1 aromatic heterocycles. The Morgan fingerprint density at radius 1 is 1.16 bits per heavy atom. The van der Waals surface area contributed by atoms with Gasteiger partial charge in [0.15, 0.2) is 0 Å². The lowest BCUT2D eigenvalue weighted by atomic mass is 10.3. The standard InChI is InChI=1S/C18H16N4O3/c1-13(2)18(23)25-11-10-24-16-7-4-14(5-8-16)21-22-15-6-9-17(19-3)20-12-15/h4-9,12H,1,10-11H2,2H3. The SMILES string of the molecule is [C-]#[N+]c1ccc(N=Nc2ccc(OCCOC(=O)C(=C)C)cc2)cn1. The average Bonchev–Trinajstić information content (AvgIpc) is 2.64. The first-order chi connectivity index (χ1) is 12.1. The Bertz CT molecular complexity index is 806. The second kappa shape index (κ2) is 8.93. The largest absolute Gasteiger partial charge is 0.490 e. The Balaban J connectivity index is 1.83. The topological polar surface area (TPSA) is 77.5 Å². The Kier molecular flexibility index (Phi) is 6.37. The van der Waals surface area contributed by atoms with E-state index in [4.69, 9.17) is 16.0 Å². The smallest absolute Gasteiger partial charge is 0.333 e. The van der Waals surface area contributed by atoms with E-state index in [9.17, 15) is 4.79 Å². The van der Waals surface area contributed by atoms with Crippen molar-refractivity contribution in [3.05, 3.63) is 66.2 Å². The molecule has 1 aromatic carbocycles. The maximum Gasteiger partial charge on any atom is 0.333 e. The molecule has 0 aliphatic carbocycles. The summed E-state index contributed by atoms with van der Waals surface area (Å²) in [6.07, 6.45) is 1.49. The van der Waals surface area contributed by atoms with Crippen LogP contribution < -0.4 is 4.74 Å². The third kappa shape index (κ3) is 5.88. The molecule has 2 rings (SSSR count). The number of ether oxygens (including phenoxy) is 2. The molecular formula is C18H16N4O3. The minimum atomic E-state index is -0.432. The van der Waals surface area contributed by atoms with Gasteiger partial charge in [-0.15, -0.1) is 10.1 Å². The van der Waals surface area contributed by atoms with E-state index in [1.165, 1.54) is 6.20 Å². The fourth-order valence-corrected chi connectivity index (χ4v) is 1.65. The van der Waals surface area contributed by atoms with Crippen molar-refractivity contribution >= 4 is 23.2 Å². The molecule has 0 radical (unpaired) electrons. The Hall–Kier alpha value is -3.53. The molecule has 25 heavy (non-hydrogen) atoms. The minimum Gasteiger partial charge on any atom is -0.490 e. The molecule has 1 heterocycles. The third-order valence-corrected chi connectivity index (χ3v) is 2.90. The summed E-state index contributed by atoms with van der Waals surface area (Å²) < 4.78 is 10.4. The zero-order valence-electron chi connectivity index (χ0n) is 13.7. The molecule has 7 nitrogen and oxygen atoms in total. The second-order valence-electron chi connectivity index (χ2n) is 4.95. The molecule has 0 unspecified atom stereocenters. The number of hydrogen-bond donors (Lipinski definition) is 0. The quantitative estimate of drug-likeness (QED) is 0.244. The zero-order valence-corrected chi connectivity index (χ0v) is 13.7. The summed E-state index contributed by atoms with van der Waals surface area (Å²) in [4.78, 5) is 18.3. The fraction of sp³-hybridized carbons (Fsp3) is 0.167. The molecule has 0 N–H and O–H groups in total. The molecule has 7 heteroatoms. The van der Waals surface area contributed by atoms with Gasteiger partial charge in [-0.2, -0.15) is 5.11 Å². The van der Waals surface area contributed by atoms with Gasteiger partial charge in [-0.1, -0.05) is 13.2 Å². The van der Waals surface area contributed by atoms with Crippen LogP contribution in [0.4, 0.5) is 17.2 Å². The molecule has 126 valence electrons. The minimum absolute atomic E-state index is 0.154. The van der Waals surface area contributed by atoms with E-state index >= 15 is 0 Å². The van der Waals surface area contributed by atoms with Crippen molar-refractivity contribution in [2.75, 3.05) is 13.2 Å². The van der Waals surface area contributed by atoms with Crippen molar-refractivity contribution in [1.82, 2.24) is 4.98 Å². The lowest BCUT2D eigenvalue weighted by Crippen LogP contribution is -2.12. The highest BCUT2D eigenvalue weighted by Gasteiger charge is 2.02. The van der Waals surface area contributed by atoms with E-state index in [0.29, 0.717) is 28.5 Å². The first kappa shape index (κ1) is 17.8. The van der Waals surface area contributed by atoms with Gasteiger partial charge in [0, 0.05) is 5.57 Å². The van der Waals surface area contributed by atoms with Crippen LogP contribution >= 0.6 is 0 Å². The predicted octanol–water partition coefficient (Wildman–Crippen LogP) is 4.55. The number of pyridine rings is 1. The monoisotopic (exact) mass is 336 g/mol. The van der Waals surface area contributed by atoms with Crippen LogP contribution in [0.3, 0.4) is 0 Å². The lowest BCUT2D eigenvalue weighted by Gasteiger charge is -2.07. The number of rotatable bonds is 7. The molecule has 0 amide bonds. The van der Waals surface area contributed by atoms with Crippen LogP contribution in [-0.2, 0) is 9.53 Å². The van der Waals surface area contributed by atoms with Gasteiger partial charge >= 0.3 is 5.97 Å². The lowest BCUT2D eigenvalue weighted by molar-refractivity contribution is -0.139. The van der Waals surface area contributed by atoms with Crippen LogP contribution in [0.15, 0.2) is 65.0 Å². The summed E-state index contributed by atoms with van der Waals surface area (Å²) in [5.41, 5.74) is 1.57. The first-order valence-electron chi connectivity index (χ1n) is 7.39. The zero-order chi connectivity index (χ0) is 18.1. The summed E-state index contributed by atoms with van der Waals surface area (Å²) in [5.74, 6) is 0.515. The van der Waals surface area contributed by atoms with Crippen LogP contribution in [0, 0.1) is 6.57 Å². The highest BCUT2D eigenvalue weighted by molar-refractivity contribution is 5.86. The van der Waals surface area contributed by atoms with E-state index in [1.807, 2.05) is 0 Å². The van der Waals surface area contributed by atoms with E-state index in [1.54, 1.807) is 43.3 Å². The molecule has 0 aliphatic rings. The van der Waals surface area contributed by atoms with Crippen LogP contribution in [-0.4, -0.2) is 24.2 Å². The van der Waals surface area contributed by atoms with E-state index < -0.39 is 5.97 Å². The van der Waals surface area contributed by atoms with E-state index in [0.717, 1.165) is 0 Å². The number of hydrogen-bond acceptors (Lipinski definition) is 6. The van der Waals surface area contributed by atoms with Gasteiger partial charge < -0.3 is 14.3 Å². The predicted molar refractivity (Wildman–Crippen MR) is 92.4 cm³/mol. The van der Waals surface area contributed by atoms with E-state index in [2.05, 4.69) is 26.6 Å². The summed E-state index contributed by atoms with van der Waals surface area (Å²) in [5, 5.41) is 8.13. The first-order valence-corrected chi connectivity index (χ1v) is 7.39. The van der Waals surface area contributed by atoms with Gasteiger partial charge in [0.05, 0.1) is 5.69 Å². The molecule has 2 aromatic rings. The highest BCUT2D eigenvalue weighted by atomic mass is 16.6. The van der Waals surface area contributed by atoms with Gasteiger partial charge in [-0.05, 0) is 43.3 Å². The summed E-state index contributed by atoms with van der Waals surface area (Å²) >= 11 is 0. The number of carbonyl (C=O) groups excluding carboxylic acids is 1. The van der Waals surface area contributed by atoms with Crippen molar-refractivity contribution in [3.63, 3.8) is 0 Å². The van der Waals surface area contributed by atoms with Crippen LogP contribution in [0.5, 0.6) is 5.75 Å². The maximum atomic E-state index is 11.2. The van der Waals surface area contributed by atoms with Crippen LogP contribution in [0.2, 0.25) is 0 Å². The number of esters is 1. The second-order valence-corrected chi connectivity index (χ2v) is 4.95. The van der Waals surface area contributed by atoms with Crippen molar-refractivity contribution in [2.45, 2.75) is 6.92 Å². The Morgan fingerprint density at radius 3 is 2.44 bits per heavy atom. The van der Waals surface area contributed by atoms with Crippen molar-refractivity contribution in [1.29, 1.82) is 0 Å². The Morgan fingerprint density at radius 2 is 1.84 bits per heavy atom. The van der Waals surface area contributed by atoms with Crippen LogP contribution in [0.25, 0.3) is 4.85 Å². The number of benzene rings is 1. The Labute approximate surface area is 145 Å². The maximum absolute atomic E-state index is 11.2. The number of carbonyl (C=O) groups is 1. The normalized spacial score (nSPS) is 10.2. The average molecular weight is 336 g/mol. The number of aromatic nitrogens is 1. The van der Waals surface area contributed by atoms with Crippen molar-refractivity contribution in [3.8, 4) is 5.75 Å². The van der Waals surface area contributed by atoms with Gasteiger partial charge in [0.1, 0.15) is 30.8 Å². The molecular weight excluding hydrogens is 320 g/mol. The molecule has 0 aliphatic heterocycles. The molecule has 0 saturated carbocycles. The fourth-order valence-electron chi connectivity index (χ4n) is 1.65. The van der Waals surface area contributed by atoms with E-state index in [-0.39, 0.29) is 13.2 Å². The molecule has 0 saturated heterocycles. The van der Waals surface area contributed by atoms with Crippen molar-refractivity contribution in [2.24, 2.45) is 10.2 Å². The van der Waals surface area contributed by atoms with Crippen molar-refractivity contribution < 1.29 is 14.3 Å². The molecule has 0 atom stereocenters. The third-order valence-electron chi connectivity index (χ3n) is 2.90. The molecule has 0 spiro atoms. The summed E-state index contributed by atoms with van der Waals surface area (Å²) in [7, 11) is 0. The van der Waals surface area contributed by atoms with Gasteiger partial charge in [-0.25, -0.2) is 4.79 Å².